The third-order valence-corrected chi connectivity index (χ3v) is 3.90. The molecule has 1 aliphatic rings. The quantitative estimate of drug-likeness (QED) is 0.864. The van der Waals surface area contributed by atoms with Gasteiger partial charge in [-0.3, -0.25) is 9.59 Å². The number of halogens is 2. The number of rotatable bonds is 4. The van der Waals surface area contributed by atoms with Gasteiger partial charge >= 0.3 is 0 Å². The number of benzene rings is 2. The van der Waals surface area contributed by atoms with Crippen molar-refractivity contribution in [3.05, 3.63) is 52.0 Å². The van der Waals surface area contributed by atoms with Gasteiger partial charge in [-0.25, -0.2) is 0 Å². The largest absolute Gasteiger partial charge is 0.482 e. The Morgan fingerprint density at radius 1 is 1.17 bits per heavy atom. The van der Waals surface area contributed by atoms with E-state index in [-0.39, 0.29) is 24.8 Å². The smallest absolute Gasteiger partial charge is 0.262 e. The van der Waals surface area contributed by atoms with Gasteiger partial charge in [0.1, 0.15) is 5.75 Å². The molecule has 0 radical (unpaired) electrons. The normalized spacial score (nSPS) is 12.8. The minimum absolute atomic E-state index is 0.0247. The molecular formula is C17H14Cl2N2O3. The Bertz CT molecular complexity index is 788. The summed E-state index contributed by atoms with van der Waals surface area (Å²) in [6.45, 7) is 0.0247. The van der Waals surface area contributed by atoms with E-state index in [0.717, 1.165) is 5.56 Å². The topological polar surface area (TPSA) is 67.4 Å². The average molecular weight is 365 g/mol. The molecular weight excluding hydrogens is 351 g/mol. The summed E-state index contributed by atoms with van der Waals surface area (Å²) in [4.78, 5) is 23.4. The van der Waals surface area contributed by atoms with Crippen molar-refractivity contribution in [2.45, 2.75) is 12.8 Å². The first kappa shape index (κ1) is 16.6. The molecule has 0 aliphatic carbocycles. The summed E-state index contributed by atoms with van der Waals surface area (Å²) in [7, 11) is 0. The maximum absolute atomic E-state index is 12.1. The maximum Gasteiger partial charge on any atom is 0.262 e. The number of fused-ring (bicyclic) bond motifs is 1. The molecule has 2 N–H and O–H groups in total. The monoisotopic (exact) mass is 364 g/mol. The summed E-state index contributed by atoms with van der Waals surface area (Å²) in [6.07, 6.45) is 0.820. The highest BCUT2D eigenvalue weighted by Gasteiger charge is 2.16. The predicted molar refractivity (Wildman–Crippen MR) is 94.0 cm³/mol. The molecule has 0 fully saturated rings. The Morgan fingerprint density at radius 3 is 2.67 bits per heavy atom. The van der Waals surface area contributed by atoms with Crippen LogP contribution >= 0.6 is 23.2 Å². The van der Waals surface area contributed by atoms with Crippen molar-refractivity contribution in [2.75, 3.05) is 17.2 Å². The van der Waals surface area contributed by atoms with Gasteiger partial charge in [-0.2, -0.15) is 0 Å². The number of nitrogens with one attached hydrogen (secondary N) is 2. The highest BCUT2D eigenvalue weighted by molar-refractivity contribution is 6.35. The van der Waals surface area contributed by atoms with E-state index in [4.69, 9.17) is 27.9 Å². The number of ether oxygens (including phenoxy) is 1. The Morgan fingerprint density at radius 2 is 1.92 bits per heavy atom. The van der Waals surface area contributed by atoms with E-state index in [1.807, 2.05) is 12.1 Å². The van der Waals surface area contributed by atoms with Crippen LogP contribution in [-0.4, -0.2) is 18.4 Å². The highest BCUT2D eigenvalue weighted by atomic mass is 35.5. The number of carbonyl (C=O) groups excluding carboxylic acids is 2. The summed E-state index contributed by atoms with van der Waals surface area (Å²) < 4.78 is 5.30. The summed E-state index contributed by atoms with van der Waals surface area (Å²) in [5.74, 6) is 0.304. The molecule has 0 saturated carbocycles. The van der Waals surface area contributed by atoms with Crippen molar-refractivity contribution in [1.82, 2.24) is 0 Å². The molecule has 1 aliphatic heterocycles. The molecule has 7 heteroatoms. The van der Waals surface area contributed by atoms with Crippen LogP contribution in [0.1, 0.15) is 12.0 Å². The molecule has 124 valence electrons. The lowest BCUT2D eigenvalue weighted by molar-refractivity contribution is -0.118. The predicted octanol–water partition coefficient (Wildman–Crippen LogP) is 3.90. The van der Waals surface area contributed by atoms with E-state index >= 15 is 0 Å². The van der Waals surface area contributed by atoms with Gasteiger partial charge in [-0.1, -0.05) is 29.3 Å². The Balaban J connectivity index is 1.60. The molecule has 1 heterocycles. The van der Waals surface area contributed by atoms with Crippen molar-refractivity contribution in [2.24, 2.45) is 0 Å². The van der Waals surface area contributed by atoms with Crippen LogP contribution in [0.5, 0.6) is 5.75 Å². The second-order valence-corrected chi connectivity index (χ2v) is 6.25. The van der Waals surface area contributed by atoms with E-state index < -0.39 is 0 Å². The van der Waals surface area contributed by atoms with E-state index in [0.29, 0.717) is 33.6 Å². The Labute approximate surface area is 148 Å². The lowest BCUT2D eigenvalue weighted by Crippen LogP contribution is -2.25. The minimum Gasteiger partial charge on any atom is -0.482 e. The van der Waals surface area contributed by atoms with Crippen molar-refractivity contribution >= 4 is 46.4 Å². The maximum atomic E-state index is 12.1. The van der Waals surface area contributed by atoms with Crippen LogP contribution < -0.4 is 15.4 Å². The molecule has 0 saturated heterocycles. The third-order valence-electron chi connectivity index (χ3n) is 3.46. The minimum atomic E-state index is -0.185. The zero-order valence-corrected chi connectivity index (χ0v) is 14.1. The number of aryl methyl sites for hydroxylation is 1. The van der Waals surface area contributed by atoms with Gasteiger partial charge in [0.2, 0.25) is 5.91 Å². The molecule has 24 heavy (non-hydrogen) atoms. The summed E-state index contributed by atoms with van der Waals surface area (Å²) in [5, 5.41) is 6.43. The van der Waals surface area contributed by atoms with Gasteiger partial charge in [0, 0.05) is 22.2 Å². The van der Waals surface area contributed by atoms with Crippen LogP contribution in [0, 0.1) is 0 Å². The number of carbonyl (C=O) groups is 2. The Kier molecular flexibility index (Phi) is 4.92. The number of amides is 2. The van der Waals surface area contributed by atoms with Gasteiger partial charge in [0.25, 0.3) is 5.91 Å². The lowest BCUT2D eigenvalue weighted by atomic mass is 10.1. The fraction of sp³-hybridized carbons (Fsp3) is 0.176. The first-order valence-corrected chi connectivity index (χ1v) is 8.07. The van der Waals surface area contributed by atoms with Crippen LogP contribution in [0.3, 0.4) is 0 Å². The molecule has 0 bridgehead atoms. The van der Waals surface area contributed by atoms with E-state index in [1.54, 1.807) is 24.3 Å². The molecule has 0 aromatic heterocycles. The van der Waals surface area contributed by atoms with Gasteiger partial charge in [-0.05, 0) is 42.3 Å². The third kappa shape index (κ3) is 4.19. The average Bonchev–Trinajstić information content (AvgIpc) is 2.51. The first-order chi connectivity index (χ1) is 11.5. The zero-order valence-electron chi connectivity index (χ0n) is 12.6. The second kappa shape index (κ2) is 7.11. The fourth-order valence-corrected chi connectivity index (χ4v) is 2.92. The van der Waals surface area contributed by atoms with Gasteiger partial charge in [0.15, 0.2) is 6.61 Å². The molecule has 0 unspecified atom stereocenters. The number of hydrogen-bond donors (Lipinski definition) is 2. The molecule has 3 rings (SSSR count). The van der Waals surface area contributed by atoms with Crippen LogP contribution in [0.4, 0.5) is 11.4 Å². The highest BCUT2D eigenvalue weighted by Crippen LogP contribution is 2.29. The van der Waals surface area contributed by atoms with Crippen molar-refractivity contribution < 1.29 is 14.3 Å². The van der Waals surface area contributed by atoms with Crippen LogP contribution in [0.25, 0.3) is 0 Å². The molecule has 2 amide bonds. The molecule has 2 aromatic rings. The molecule has 2 aromatic carbocycles. The number of hydrogen-bond acceptors (Lipinski definition) is 3. The summed E-state index contributed by atoms with van der Waals surface area (Å²) in [6, 6.07) is 10.4. The number of anilines is 2. The fourth-order valence-electron chi connectivity index (χ4n) is 2.39. The zero-order chi connectivity index (χ0) is 17.1. The molecule has 5 nitrogen and oxygen atoms in total. The second-order valence-electron chi connectivity index (χ2n) is 5.37. The first-order valence-electron chi connectivity index (χ1n) is 7.31. The van der Waals surface area contributed by atoms with Crippen LogP contribution in [-0.2, 0) is 16.0 Å². The van der Waals surface area contributed by atoms with Crippen molar-refractivity contribution in [3.63, 3.8) is 0 Å². The van der Waals surface area contributed by atoms with Crippen molar-refractivity contribution in [1.29, 1.82) is 0 Å². The van der Waals surface area contributed by atoms with Gasteiger partial charge < -0.3 is 15.4 Å². The Hall–Kier alpha value is -2.24. The molecule has 0 spiro atoms. The SMILES string of the molecule is O=C(CCc1ccc2c(c1)NC(=O)CO2)Nc1cc(Cl)cc(Cl)c1. The standard InChI is InChI=1S/C17H14Cl2N2O3/c18-11-6-12(19)8-13(7-11)20-16(22)4-2-10-1-3-15-14(5-10)21-17(23)9-24-15/h1,3,5-8H,2,4,9H2,(H,20,22)(H,21,23). The van der Waals surface area contributed by atoms with Crippen molar-refractivity contribution in [3.8, 4) is 5.75 Å². The van der Waals surface area contributed by atoms with Gasteiger partial charge in [0.05, 0.1) is 5.69 Å². The summed E-state index contributed by atoms with van der Waals surface area (Å²) >= 11 is 11.8. The summed E-state index contributed by atoms with van der Waals surface area (Å²) in [5.41, 5.74) is 2.12. The van der Waals surface area contributed by atoms with Gasteiger partial charge in [-0.15, -0.1) is 0 Å². The van der Waals surface area contributed by atoms with Crippen LogP contribution in [0.2, 0.25) is 10.0 Å². The van der Waals surface area contributed by atoms with Crippen LogP contribution in [0.15, 0.2) is 36.4 Å². The van der Waals surface area contributed by atoms with E-state index in [2.05, 4.69) is 10.6 Å². The molecule has 0 atom stereocenters. The van der Waals surface area contributed by atoms with E-state index in [9.17, 15) is 9.59 Å². The van der Waals surface area contributed by atoms with E-state index in [1.165, 1.54) is 0 Å². The lowest BCUT2D eigenvalue weighted by Gasteiger charge is -2.18.